The smallest absolute Gasteiger partial charge is 0.317 e. The van der Waals surface area contributed by atoms with Gasteiger partial charge in [-0.3, -0.25) is 0 Å². The molecule has 0 spiro atoms. The summed E-state index contributed by atoms with van der Waals surface area (Å²) in [6.45, 7) is 1.83. The van der Waals surface area contributed by atoms with Crippen LogP contribution in [-0.2, 0) is 6.54 Å². The normalized spacial score (nSPS) is 15.2. The maximum Gasteiger partial charge on any atom is 0.317 e. The van der Waals surface area contributed by atoms with Crippen LogP contribution in [0.5, 0.6) is 5.75 Å². The summed E-state index contributed by atoms with van der Waals surface area (Å²) < 4.78 is 1.85. The summed E-state index contributed by atoms with van der Waals surface area (Å²) in [6.07, 6.45) is 5.51. The van der Waals surface area contributed by atoms with Gasteiger partial charge in [0.05, 0.1) is 17.3 Å². The number of imidazole rings is 1. The first-order valence-corrected chi connectivity index (χ1v) is 9.41. The van der Waals surface area contributed by atoms with Gasteiger partial charge < -0.3 is 19.7 Å². The molecule has 7 heteroatoms. The number of nitrogens with one attached hydrogen (secondary N) is 1. The highest BCUT2D eigenvalue weighted by Crippen LogP contribution is 2.29. The molecule has 1 fully saturated rings. The average Bonchev–Trinajstić information content (AvgIpc) is 3.09. The molecule has 3 aromatic rings. The molecule has 0 saturated carbocycles. The van der Waals surface area contributed by atoms with Crippen LogP contribution in [0.3, 0.4) is 0 Å². The first kappa shape index (κ1) is 17.7. The van der Waals surface area contributed by atoms with Crippen molar-refractivity contribution < 1.29 is 9.90 Å². The van der Waals surface area contributed by atoms with E-state index in [1.54, 1.807) is 24.4 Å². The Morgan fingerprint density at radius 1 is 1.15 bits per heavy atom. The summed E-state index contributed by atoms with van der Waals surface area (Å²) in [6, 6.07) is 10.9. The van der Waals surface area contributed by atoms with Crippen molar-refractivity contribution in [2.75, 3.05) is 13.1 Å². The Morgan fingerprint density at radius 2 is 1.89 bits per heavy atom. The molecular weight excluding hydrogens is 364 g/mol. The minimum atomic E-state index is -0.0609. The number of amides is 2. The molecule has 1 aliphatic rings. The number of urea groups is 1. The number of nitrogens with zero attached hydrogens (tertiary/aromatic N) is 3. The maximum atomic E-state index is 12.5. The number of pyridine rings is 1. The van der Waals surface area contributed by atoms with Gasteiger partial charge in [-0.15, -0.1) is 0 Å². The Bertz CT molecular complexity index is 946. The van der Waals surface area contributed by atoms with Crippen LogP contribution in [0.2, 0.25) is 5.02 Å². The van der Waals surface area contributed by atoms with E-state index in [0.717, 1.165) is 37.3 Å². The number of halogens is 1. The van der Waals surface area contributed by atoms with E-state index >= 15 is 0 Å². The number of phenols is 1. The van der Waals surface area contributed by atoms with Crippen molar-refractivity contribution in [3.63, 3.8) is 0 Å². The molecule has 140 valence electrons. The van der Waals surface area contributed by atoms with E-state index in [-0.39, 0.29) is 11.8 Å². The Labute approximate surface area is 162 Å². The van der Waals surface area contributed by atoms with Gasteiger partial charge in [-0.1, -0.05) is 23.7 Å². The number of hydrogen-bond donors (Lipinski definition) is 2. The van der Waals surface area contributed by atoms with Crippen LogP contribution in [-0.4, -0.2) is 38.5 Å². The molecule has 4 rings (SSSR count). The molecule has 6 nitrogen and oxygen atoms in total. The van der Waals surface area contributed by atoms with Gasteiger partial charge in [0, 0.05) is 25.5 Å². The number of carbonyl (C=O) groups excluding carboxylic acids is 1. The van der Waals surface area contributed by atoms with Crippen LogP contribution in [0.15, 0.2) is 48.8 Å². The van der Waals surface area contributed by atoms with Crippen LogP contribution in [0, 0.1) is 0 Å². The number of fused-ring (bicyclic) bond motifs is 1. The number of rotatable bonds is 3. The fraction of sp³-hybridized carbons (Fsp3) is 0.300. The highest BCUT2D eigenvalue weighted by Gasteiger charge is 2.23. The van der Waals surface area contributed by atoms with Crippen molar-refractivity contribution in [2.24, 2.45) is 0 Å². The quantitative estimate of drug-likeness (QED) is 0.721. The van der Waals surface area contributed by atoms with Gasteiger partial charge in [-0.25, -0.2) is 9.78 Å². The molecule has 0 atom stereocenters. The van der Waals surface area contributed by atoms with E-state index in [0.29, 0.717) is 17.5 Å². The zero-order valence-corrected chi connectivity index (χ0v) is 15.6. The van der Waals surface area contributed by atoms with E-state index in [1.807, 2.05) is 33.7 Å². The number of likely N-dealkylation sites (tertiary alicyclic amines) is 1. The van der Waals surface area contributed by atoms with Gasteiger partial charge in [0.2, 0.25) is 0 Å². The number of aromatic hydroxyl groups is 1. The van der Waals surface area contributed by atoms with E-state index in [9.17, 15) is 9.90 Å². The molecule has 3 heterocycles. The molecule has 2 aromatic heterocycles. The molecule has 0 unspecified atom stereocenters. The highest BCUT2D eigenvalue weighted by atomic mass is 35.5. The summed E-state index contributed by atoms with van der Waals surface area (Å²) >= 11 is 5.98. The van der Waals surface area contributed by atoms with Gasteiger partial charge in [0.25, 0.3) is 0 Å². The van der Waals surface area contributed by atoms with Crippen LogP contribution in [0.1, 0.15) is 30.0 Å². The lowest BCUT2D eigenvalue weighted by Gasteiger charge is -2.32. The first-order chi connectivity index (χ1) is 13.1. The fourth-order valence-electron chi connectivity index (χ4n) is 3.54. The molecule has 0 aliphatic carbocycles. The minimum Gasteiger partial charge on any atom is -0.508 e. The van der Waals surface area contributed by atoms with Gasteiger partial charge in [-0.05, 0) is 48.6 Å². The molecule has 1 aliphatic heterocycles. The number of piperidine rings is 1. The minimum absolute atomic E-state index is 0.0609. The average molecular weight is 385 g/mol. The summed E-state index contributed by atoms with van der Waals surface area (Å²) in [7, 11) is 0. The van der Waals surface area contributed by atoms with E-state index in [4.69, 9.17) is 11.6 Å². The standard InChI is InChI=1S/C20H21ClN4O2/c21-16-3-6-19-23-17(13-25(19)12-16)11-22-20(27)24-9-7-15(8-10-24)14-1-4-18(26)5-2-14/h1-6,12-13,15,26H,7-11H2,(H,22,27). The zero-order valence-electron chi connectivity index (χ0n) is 14.8. The Balaban J connectivity index is 1.30. The lowest BCUT2D eigenvalue weighted by atomic mass is 9.89. The van der Waals surface area contributed by atoms with Crippen molar-refractivity contribution in [1.29, 1.82) is 0 Å². The molecule has 0 bridgehead atoms. The molecule has 2 amide bonds. The summed E-state index contributed by atoms with van der Waals surface area (Å²) in [5.74, 6) is 0.711. The van der Waals surface area contributed by atoms with Crippen molar-refractivity contribution in [1.82, 2.24) is 19.6 Å². The van der Waals surface area contributed by atoms with Crippen molar-refractivity contribution in [2.45, 2.75) is 25.3 Å². The molecule has 0 radical (unpaired) electrons. The molecule has 2 N–H and O–H groups in total. The Morgan fingerprint density at radius 3 is 2.63 bits per heavy atom. The predicted octanol–water partition coefficient (Wildman–Crippen LogP) is 3.78. The van der Waals surface area contributed by atoms with Crippen molar-refractivity contribution in [3.8, 4) is 5.75 Å². The summed E-state index contributed by atoms with van der Waals surface area (Å²) in [5, 5.41) is 13.0. The van der Waals surface area contributed by atoms with Gasteiger partial charge in [0.15, 0.2) is 0 Å². The number of hydrogen-bond acceptors (Lipinski definition) is 3. The SMILES string of the molecule is O=C(NCc1cn2cc(Cl)ccc2n1)N1CCC(c2ccc(O)cc2)CC1. The largest absolute Gasteiger partial charge is 0.508 e. The Hall–Kier alpha value is -2.73. The second-order valence-corrected chi connectivity index (χ2v) is 7.29. The monoisotopic (exact) mass is 384 g/mol. The number of phenolic OH excluding ortho intramolecular Hbond substituents is 1. The number of benzene rings is 1. The second-order valence-electron chi connectivity index (χ2n) is 6.86. The van der Waals surface area contributed by atoms with Crippen LogP contribution in [0.4, 0.5) is 4.79 Å². The van der Waals surface area contributed by atoms with Gasteiger partial charge in [-0.2, -0.15) is 0 Å². The van der Waals surface area contributed by atoms with E-state index < -0.39 is 0 Å². The third-order valence-corrected chi connectivity index (χ3v) is 5.26. The molecule has 1 aromatic carbocycles. The van der Waals surface area contributed by atoms with Crippen LogP contribution in [0.25, 0.3) is 5.65 Å². The van der Waals surface area contributed by atoms with Crippen LogP contribution >= 0.6 is 11.6 Å². The second kappa shape index (κ2) is 7.48. The predicted molar refractivity (Wildman–Crippen MR) is 104 cm³/mol. The first-order valence-electron chi connectivity index (χ1n) is 9.03. The molecular formula is C20H21ClN4O2. The van der Waals surface area contributed by atoms with Gasteiger partial charge in [0.1, 0.15) is 11.4 Å². The Kier molecular flexibility index (Phi) is 4.90. The maximum absolute atomic E-state index is 12.5. The fourth-order valence-corrected chi connectivity index (χ4v) is 3.71. The van der Waals surface area contributed by atoms with Crippen molar-refractivity contribution >= 4 is 23.3 Å². The third-order valence-electron chi connectivity index (χ3n) is 5.03. The van der Waals surface area contributed by atoms with Crippen molar-refractivity contribution in [3.05, 3.63) is 65.1 Å². The molecule has 1 saturated heterocycles. The molecule has 27 heavy (non-hydrogen) atoms. The topological polar surface area (TPSA) is 69.9 Å². The highest BCUT2D eigenvalue weighted by molar-refractivity contribution is 6.30. The number of aromatic nitrogens is 2. The van der Waals surface area contributed by atoms with E-state index in [2.05, 4.69) is 10.3 Å². The zero-order chi connectivity index (χ0) is 18.8. The van der Waals surface area contributed by atoms with Crippen LogP contribution < -0.4 is 5.32 Å². The summed E-state index contributed by atoms with van der Waals surface area (Å²) in [4.78, 5) is 18.8. The summed E-state index contributed by atoms with van der Waals surface area (Å²) in [5.41, 5.74) is 2.82. The van der Waals surface area contributed by atoms with Gasteiger partial charge >= 0.3 is 6.03 Å². The lowest BCUT2D eigenvalue weighted by molar-refractivity contribution is 0.181. The third kappa shape index (κ3) is 4.01. The van der Waals surface area contributed by atoms with E-state index in [1.165, 1.54) is 5.56 Å². The lowest BCUT2D eigenvalue weighted by Crippen LogP contribution is -2.43. The number of carbonyl (C=O) groups is 1.